The predicted octanol–water partition coefficient (Wildman–Crippen LogP) is 3.76. The lowest BCUT2D eigenvalue weighted by atomic mass is 10.2. The zero-order valence-corrected chi connectivity index (χ0v) is 20.1. The number of amides is 2. The molecule has 0 radical (unpaired) electrons. The first kappa shape index (κ1) is 24.3. The Morgan fingerprint density at radius 1 is 0.889 bits per heavy atom. The Kier molecular flexibility index (Phi) is 7.20. The van der Waals surface area contributed by atoms with Gasteiger partial charge in [0.25, 0.3) is 17.4 Å². The van der Waals surface area contributed by atoms with Gasteiger partial charge in [0, 0.05) is 24.4 Å². The molecule has 2 amide bonds. The van der Waals surface area contributed by atoms with Crippen LogP contribution in [0.25, 0.3) is 5.69 Å². The number of benzene rings is 3. The average Bonchev–Trinajstić information content (AvgIpc) is 3.11. The van der Waals surface area contributed by atoms with Crippen molar-refractivity contribution in [2.24, 2.45) is 7.05 Å². The molecule has 0 atom stereocenters. The normalized spacial score (nSPS) is 10.5. The first-order valence-corrected chi connectivity index (χ1v) is 11.2. The maximum atomic E-state index is 13.0. The number of para-hydroxylation sites is 1. The number of hydrogen-bond donors (Lipinski definition) is 2. The highest BCUT2D eigenvalue weighted by Gasteiger charge is 2.19. The van der Waals surface area contributed by atoms with Gasteiger partial charge >= 0.3 is 0 Å². The van der Waals surface area contributed by atoms with Gasteiger partial charge in [-0.15, -0.1) is 0 Å². The van der Waals surface area contributed by atoms with Crippen LogP contribution in [0.4, 0.5) is 11.4 Å². The highest BCUT2D eigenvalue weighted by Crippen LogP contribution is 2.18. The van der Waals surface area contributed by atoms with Crippen LogP contribution in [0.1, 0.15) is 16.1 Å². The summed E-state index contributed by atoms with van der Waals surface area (Å²) in [6.45, 7) is 1.56. The second kappa shape index (κ2) is 10.6. The molecule has 9 nitrogen and oxygen atoms in total. The Bertz CT molecular complexity index is 1440. The molecule has 2 N–H and O–H groups in total. The van der Waals surface area contributed by atoms with Crippen LogP contribution in [0.2, 0.25) is 0 Å². The van der Waals surface area contributed by atoms with E-state index in [1.807, 2.05) is 30.3 Å². The third-order valence-electron chi connectivity index (χ3n) is 5.63. The summed E-state index contributed by atoms with van der Waals surface area (Å²) in [5, 5.41) is 5.45. The third-order valence-corrected chi connectivity index (χ3v) is 5.63. The summed E-state index contributed by atoms with van der Waals surface area (Å²) < 4.78 is 13.9. The number of aromatic nitrogens is 2. The number of nitrogens with zero attached hydrogens (tertiary/aromatic N) is 2. The molecule has 0 aliphatic heterocycles. The zero-order valence-electron chi connectivity index (χ0n) is 20.1. The van der Waals surface area contributed by atoms with Gasteiger partial charge < -0.3 is 20.1 Å². The van der Waals surface area contributed by atoms with Gasteiger partial charge in [-0.2, -0.15) is 0 Å². The van der Waals surface area contributed by atoms with Gasteiger partial charge in [0.2, 0.25) is 0 Å². The molecule has 0 aliphatic rings. The number of hydrogen-bond acceptors (Lipinski definition) is 5. The van der Waals surface area contributed by atoms with Gasteiger partial charge in [-0.25, -0.2) is 4.68 Å². The van der Waals surface area contributed by atoms with E-state index in [1.54, 1.807) is 74.3 Å². The summed E-state index contributed by atoms with van der Waals surface area (Å²) in [6.07, 6.45) is 0. The Morgan fingerprint density at radius 2 is 1.61 bits per heavy atom. The Labute approximate surface area is 207 Å². The van der Waals surface area contributed by atoms with E-state index in [4.69, 9.17) is 9.47 Å². The fraction of sp³-hybridized carbons (Fsp3) is 0.148. The number of methoxy groups -OCH3 is 1. The number of carbonyl (C=O) groups excluding carboxylic acids is 2. The van der Waals surface area contributed by atoms with Crippen molar-refractivity contribution in [2.75, 3.05) is 24.4 Å². The zero-order chi connectivity index (χ0) is 25.7. The van der Waals surface area contributed by atoms with Crippen molar-refractivity contribution in [3.8, 4) is 17.2 Å². The molecule has 0 bridgehead atoms. The molecule has 3 aromatic carbocycles. The molecule has 0 saturated heterocycles. The molecular weight excluding hydrogens is 460 g/mol. The number of ether oxygens (including phenoxy) is 2. The van der Waals surface area contributed by atoms with Crippen molar-refractivity contribution in [3.05, 3.63) is 100 Å². The second-order valence-corrected chi connectivity index (χ2v) is 7.98. The predicted molar refractivity (Wildman–Crippen MR) is 137 cm³/mol. The Morgan fingerprint density at radius 3 is 2.31 bits per heavy atom. The monoisotopic (exact) mass is 486 g/mol. The summed E-state index contributed by atoms with van der Waals surface area (Å²) >= 11 is 0. The quantitative estimate of drug-likeness (QED) is 0.395. The minimum absolute atomic E-state index is 0.203. The minimum atomic E-state index is -0.427. The maximum absolute atomic E-state index is 13.0. The molecule has 36 heavy (non-hydrogen) atoms. The lowest BCUT2D eigenvalue weighted by Gasteiger charge is -2.09. The van der Waals surface area contributed by atoms with Crippen molar-refractivity contribution in [1.29, 1.82) is 0 Å². The molecule has 4 rings (SSSR count). The molecule has 1 heterocycles. The molecule has 0 unspecified atom stereocenters. The Balaban J connectivity index is 1.39. The first-order valence-electron chi connectivity index (χ1n) is 11.2. The first-order chi connectivity index (χ1) is 17.4. The number of carbonyl (C=O) groups is 2. The van der Waals surface area contributed by atoms with Crippen LogP contribution >= 0.6 is 0 Å². The summed E-state index contributed by atoms with van der Waals surface area (Å²) in [5.41, 5.74) is 2.15. The van der Waals surface area contributed by atoms with Crippen LogP contribution in [0.15, 0.2) is 83.7 Å². The Hall–Kier alpha value is -4.79. The van der Waals surface area contributed by atoms with Crippen molar-refractivity contribution in [3.63, 3.8) is 0 Å². The summed E-state index contributed by atoms with van der Waals surface area (Å²) in [6, 6.07) is 22.5. The number of rotatable bonds is 8. The van der Waals surface area contributed by atoms with Crippen LogP contribution in [-0.4, -0.2) is 34.9 Å². The maximum Gasteiger partial charge on any atom is 0.295 e. The van der Waals surface area contributed by atoms with E-state index < -0.39 is 5.91 Å². The van der Waals surface area contributed by atoms with E-state index in [1.165, 1.54) is 4.68 Å². The lowest BCUT2D eigenvalue weighted by Crippen LogP contribution is -2.23. The van der Waals surface area contributed by atoms with E-state index in [9.17, 15) is 14.4 Å². The van der Waals surface area contributed by atoms with Gasteiger partial charge in [-0.1, -0.05) is 24.3 Å². The molecule has 0 fully saturated rings. The molecular formula is C27H26N4O5. The summed E-state index contributed by atoms with van der Waals surface area (Å²) in [5.74, 6) is 0.296. The molecule has 4 aromatic rings. The van der Waals surface area contributed by atoms with Gasteiger partial charge in [-0.3, -0.25) is 19.1 Å². The van der Waals surface area contributed by atoms with Crippen LogP contribution in [0.5, 0.6) is 11.5 Å². The van der Waals surface area contributed by atoms with Crippen molar-refractivity contribution in [1.82, 2.24) is 9.36 Å². The molecule has 1 aromatic heterocycles. The summed E-state index contributed by atoms with van der Waals surface area (Å²) in [7, 11) is 3.31. The fourth-order valence-corrected chi connectivity index (χ4v) is 3.65. The van der Waals surface area contributed by atoms with Crippen molar-refractivity contribution >= 4 is 23.2 Å². The standard InChI is InChI=1S/C27H26N4O5/c1-18-25(27(34)31(30(18)2)21-9-5-4-6-10-21)29-26(33)19-12-14-22(15-13-19)36-17-24(32)28-20-8-7-11-23(16-20)35-3/h4-16H,17H2,1-3H3,(H,28,32)(H,29,33). The molecule has 184 valence electrons. The van der Waals surface area contributed by atoms with Gasteiger partial charge in [0.15, 0.2) is 6.61 Å². The minimum Gasteiger partial charge on any atom is -0.497 e. The largest absolute Gasteiger partial charge is 0.497 e. The van der Waals surface area contributed by atoms with Crippen molar-refractivity contribution in [2.45, 2.75) is 6.92 Å². The van der Waals surface area contributed by atoms with Crippen LogP contribution < -0.4 is 25.7 Å². The molecule has 0 spiro atoms. The van der Waals surface area contributed by atoms with Gasteiger partial charge in [-0.05, 0) is 55.5 Å². The van der Waals surface area contributed by atoms with E-state index in [2.05, 4.69) is 10.6 Å². The highest BCUT2D eigenvalue weighted by atomic mass is 16.5. The molecule has 0 saturated carbocycles. The molecule has 0 aliphatic carbocycles. The van der Waals surface area contributed by atoms with Gasteiger partial charge in [0.05, 0.1) is 18.5 Å². The summed E-state index contributed by atoms with van der Waals surface area (Å²) in [4.78, 5) is 38.0. The molecule has 9 heteroatoms. The van der Waals surface area contributed by atoms with E-state index in [0.717, 1.165) is 0 Å². The van der Waals surface area contributed by atoms with Crippen LogP contribution in [0.3, 0.4) is 0 Å². The third kappa shape index (κ3) is 5.30. The smallest absolute Gasteiger partial charge is 0.295 e. The number of anilines is 2. The van der Waals surface area contributed by atoms with Crippen molar-refractivity contribution < 1.29 is 19.1 Å². The van der Waals surface area contributed by atoms with E-state index in [0.29, 0.717) is 34.1 Å². The topological polar surface area (TPSA) is 104 Å². The highest BCUT2D eigenvalue weighted by molar-refractivity contribution is 6.04. The van der Waals surface area contributed by atoms with E-state index in [-0.39, 0.29) is 23.8 Å². The lowest BCUT2D eigenvalue weighted by molar-refractivity contribution is -0.118. The number of nitrogens with one attached hydrogen (secondary N) is 2. The second-order valence-electron chi connectivity index (χ2n) is 7.98. The van der Waals surface area contributed by atoms with Gasteiger partial charge in [0.1, 0.15) is 17.2 Å². The van der Waals surface area contributed by atoms with Crippen LogP contribution in [-0.2, 0) is 11.8 Å². The SMILES string of the molecule is COc1cccc(NC(=O)COc2ccc(C(=O)Nc3c(C)n(C)n(-c4ccccc4)c3=O)cc2)c1. The fourth-order valence-electron chi connectivity index (χ4n) is 3.65. The van der Waals surface area contributed by atoms with Crippen LogP contribution in [0, 0.1) is 6.92 Å². The van der Waals surface area contributed by atoms with E-state index >= 15 is 0 Å². The average molecular weight is 487 g/mol.